The summed E-state index contributed by atoms with van der Waals surface area (Å²) in [6.45, 7) is 2.95. The molecule has 1 spiro atoms. The SMILES string of the molecule is O=C1NC2(CCN(Cc3cccnc3)CC2)C[C@@H]1c1cccnc1. The molecule has 2 aliphatic heterocycles. The zero-order chi connectivity index (χ0) is 16.4. The first-order chi connectivity index (χ1) is 11.7. The van der Waals surface area contributed by atoms with Crippen molar-refractivity contribution in [2.45, 2.75) is 37.3 Å². The molecule has 4 heterocycles. The normalized spacial score (nSPS) is 23.3. The summed E-state index contributed by atoms with van der Waals surface area (Å²) in [7, 11) is 0. The summed E-state index contributed by atoms with van der Waals surface area (Å²) >= 11 is 0. The number of amides is 1. The number of carbonyl (C=O) groups is 1. The van der Waals surface area contributed by atoms with E-state index in [1.807, 2.05) is 30.6 Å². The lowest BCUT2D eigenvalue weighted by molar-refractivity contribution is -0.121. The minimum absolute atomic E-state index is 0.0387. The van der Waals surface area contributed by atoms with E-state index < -0.39 is 0 Å². The maximum atomic E-state index is 12.5. The van der Waals surface area contributed by atoms with Gasteiger partial charge in [-0.3, -0.25) is 19.7 Å². The van der Waals surface area contributed by atoms with Crippen molar-refractivity contribution in [2.24, 2.45) is 0 Å². The van der Waals surface area contributed by atoms with E-state index in [0.717, 1.165) is 44.5 Å². The number of pyridine rings is 2. The molecule has 1 amide bonds. The molecule has 0 aliphatic carbocycles. The van der Waals surface area contributed by atoms with Crippen LogP contribution >= 0.6 is 0 Å². The van der Waals surface area contributed by atoms with Crippen molar-refractivity contribution in [3.05, 3.63) is 60.2 Å². The maximum absolute atomic E-state index is 12.5. The Kier molecular flexibility index (Phi) is 4.02. The topological polar surface area (TPSA) is 58.1 Å². The Morgan fingerprint density at radius 3 is 2.54 bits per heavy atom. The predicted molar refractivity (Wildman–Crippen MR) is 91.2 cm³/mol. The number of hydrogen-bond acceptors (Lipinski definition) is 4. The summed E-state index contributed by atoms with van der Waals surface area (Å²) in [6, 6.07) is 8.02. The zero-order valence-corrected chi connectivity index (χ0v) is 13.7. The number of piperidine rings is 1. The minimum atomic E-state index is -0.0522. The highest BCUT2D eigenvalue weighted by Crippen LogP contribution is 2.39. The summed E-state index contributed by atoms with van der Waals surface area (Å²) in [4.78, 5) is 23.3. The van der Waals surface area contributed by atoms with Gasteiger partial charge in [-0.05, 0) is 42.5 Å². The average molecular weight is 322 g/mol. The molecule has 24 heavy (non-hydrogen) atoms. The van der Waals surface area contributed by atoms with Crippen molar-refractivity contribution in [2.75, 3.05) is 13.1 Å². The van der Waals surface area contributed by atoms with E-state index in [9.17, 15) is 4.79 Å². The fourth-order valence-electron chi connectivity index (χ4n) is 3.95. The van der Waals surface area contributed by atoms with Gasteiger partial charge in [0.25, 0.3) is 0 Å². The number of likely N-dealkylation sites (tertiary alicyclic amines) is 1. The van der Waals surface area contributed by atoms with Gasteiger partial charge in [0.1, 0.15) is 0 Å². The van der Waals surface area contributed by atoms with Crippen LogP contribution in [0.1, 0.15) is 36.3 Å². The number of nitrogens with zero attached hydrogens (tertiary/aromatic N) is 3. The van der Waals surface area contributed by atoms with Gasteiger partial charge in [0, 0.05) is 50.0 Å². The molecule has 0 saturated carbocycles. The molecule has 2 aromatic heterocycles. The molecule has 124 valence electrons. The Morgan fingerprint density at radius 1 is 1.12 bits per heavy atom. The van der Waals surface area contributed by atoms with Crippen LogP contribution in [-0.2, 0) is 11.3 Å². The lowest BCUT2D eigenvalue weighted by atomic mass is 9.82. The van der Waals surface area contributed by atoms with Gasteiger partial charge in [-0.25, -0.2) is 0 Å². The number of nitrogens with one attached hydrogen (secondary N) is 1. The van der Waals surface area contributed by atoms with Gasteiger partial charge in [-0.2, -0.15) is 0 Å². The zero-order valence-electron chi connectivity index (χ0n) is 13.7. The summed E-state index contributed by atoms with van der Waals surface area (Å²) in [5, 5.41) is 3.30. The smallest absolute Gasteiger partial charge is 0.228 e. The lowest BCUT2D eigenvalue weighted by Crippen LogP contribution is -2.50. The number of aromatic nitrogens is 2. The van der Waals surface area contributed by atoms with Gasteiger partial charge >= 0.3 is 0 Å². The molecule has 2 aromatic rings. The second kappa shape index (κ2) is 6.32. The van der Waals surface area contributed by atoms with Gasteiger partial charge in [-0.15, -0.1) is 0 Å². The van der Waals surface area contributed by atoms with Crippen LogP contribution in [0.4, 0.5) is 0 Å². The third-order valence-electron chi connectivity index (χ3n) is 5.33. The molecule has 2 fully saturated rings. The Hall–Kier alpha value is -2.27. The first-order valence-corrected chi connectivity index (χ1v) is 8.57. The van der Waals surface area contributed by atoms with E-state index in [0.29, 0.717) is 0 Å². The van der Waals surface area contributed by atoms with Crippen LogP contribution in [0.2, 0.25) is 0 Å². The minimum Gasteiger partial charge on any atom is -0.350 e. The number of hydrogen-bond donors (Lipinski definition) is 1. The van der Waals surface area contributed by atoms with E-state index in [4.69, 9.17) is 0 Å². The molecule has 2 aliphatic rings. The van der Waals surface area contributed by atoms with E-state index in [-0.39, 0.29) is 17.4 Å². The first-order valence-electron chi connectivity index (χ1n) is 8.57. The highest BCUT2D eigenvalue weighted by molar-refractivity contribution is 5.87. The highest BCUT2D eigenvalue weighted by atomic mass is 16.2. The van der Waals surface area contributed by atoms with Gasteiger partial charge in [0.2, 0.25) is 5.91 Å². The van der Waals surface area contributed by atoms with Crippen molar-refractivity contribution in [1.82, 2.24) is 20.2 Å². The number of rotatable bonds is 3. The van der Waals surface area contributed by atoms with E-state index in [1.165, 1.54) is 5.56 Å². The van der Waals surface area contributed by atoms with Crippen LogP contribution in [0.15, 0.2) is 49.1 Å². The second-order valence-corrected chi connectivity index (χ2v) is 6.95. The lowest BCUT2D eigenvalue weighted by Gasteiger charge is -2.39. The molecular weight excluding hydrogens is 300 g/mol. The van der Waals surface area contributed by atoms with Crippen molar-refractivity contribution < 1.29 is 4.79 Å². The maximum Gasteiger partial charge on any atom is 0.228 e. The van der Waals surface area contributed by atoms with Crippen molar-refractivity contribution in [1.29, 1.82) is 0 Å². The van der Waals surface area contributed by atoms with Crippen molar-refractivity contribution >= 4 is 5.91 Å². The standard InChI is InChI=1S/C19H22N4O/c24-18-17(16-4-2-8-21-13-16)11-19(22-18)5-9-23(10-6-19)14-15-3-1-7-20-12-15/h1-4,7-8,12-13,17H,5-6,9-11,14H2,(H,22,24)/t17-/m1/s1. The van der Waals surface area contributed by atoms with Gasteiger partial charge in [0.15, 0.2) is 0 Å². The molecule has 5 heteroatoms. The van der Waals surface area contributed by atoms with Gasteiger partial charge < -0.3 is 5.32 Å². The van der Waals surface area contributed by atoms with Crippen LogP contribution in [0.3, 0.4) is 0 Å². The molecule has 4 rings (SSSR count). The molecule has 0 unspecified atom stereocenters. The average Bonchev–Trinajstić information content (AvgIpc) is 2.95. The molecule has 1 atom stereocenters. The van der Waals surface area contributed by atoms with Gasteiger partial charge in [-0.1, -0.05) is 12.1 Å². The monoisotopic (exact) mass is 322 g/mol. The van der Waals surface area contributed by atoms with Crippen molar-refractivity contribution in [3.63, 3.8) is 0 Å². The highest BCUT2D eigenvalue weighted by Gasteiger charge is 2.46. The molecule has 0 aromatic carbocycles. The fourth-order valence-corrected chi connectivity index (χ4v) is 3.95. The van der Waals surface area contributed by atoms with Gasteiger partial charge in [0.05, 0.1) is 5.92 Å². The van der Waals surface area contributed by atoms with Crippen LogP contribution in [-0.4, -0.2) is 39.4 Å². The van der Waals surface area contributed by atoms with Crippen LogP contribution < -0.4 is 5.32 Å². The van der Waals surface area contributed by atoms with Crippen LogP contribution in [0.25, 0.3) is 0 Å². The third-order valence-corrected chi connectivity index (χ3v) is 5.33. The Balaban J connectivity index is 1.39. The fraction of sp³-hybridized carbons (Fsp3) is 0.421. The molecule has 2 saturated heterocycles. The molecule has 0 bridgehead atoms. The Morgan fingerprint density at radius 2 is 1.88 bits per heavy atom. The summed E-state index contributed by atoms with van der Waals surface area (Å²) in [5.74, 6) is 0.104. The Bertz CT molecular complexity index is 696. The predicted octanol–water partition coefficient (Wildman–Crippen LogP) is 2.11. The van der Waals surface area contributed by atoms with E-state index in [2.05, 4.69) is 26.3 Å². The van der Waals surface area contributed by atoms with E-state index in [1.54, 1.807) is 12.4 Å². The Labute approximate surface area is 142 Å². The second-order valence-electron chi connectivity index (χ2n) is 6.95. The summed E-state index contributed by atoms with van der Waals surface area (Å²) in [5.41, 5.74) is 2.24. The molecular formula is C19H22N4O. The number of carbonyl (C=O) groups excluding carboxylic acids is 1. The summed E-state index contributed by atoms with van der Waals surface area (Å²) < 4.78 is 0. The van der Waals surface area contributed by atoms with Crippen LogP contribution in [0, 0.1) is 0 Å². The third kappa shape index (κ3) is 3.04. The largest absolute Gasteiger partial charge is 0.350 e. The van der Waals surface area contributed by atoms with Crippen LogP contribution in [0.5, 0.6) is 0 Å². The molecule has 5 nitrogen and oxygen atoms in total. The van der Waals surface area contributed by atoms with Crippen molar-refractivity contribution in [3.8, 4) is 0 Å². The molecule has 0 radical (unpaired) electrons. The molecule has 1 N–H and O–H groups in total. The summed E-state index contributed by atoms with van der Waals surface area (Å²) in [6.07, 6.45) is 10.2. The first kappa shape index (κ1) is 15.3. The quantitative estimate of drug-likeness (QED) is 0.940. The van der Waals surface area contributed by atoms with E-state index >= 15 is 0 Å².